The highest BCUT2D eigenvalue weighted by molar-refractivity contribution is 7.90. The summed E-state index contributed by atoms with van der Waals surface area (Å²) in [4.78, 5) is 0. The average molecular weight is 255 g/mol. The van der Waals surface area contributed by atoms with Gasteiger partial charge in [0.05, 0.1) is 4.75 Å². The molecule has 0 aliphatic rings. The SMILES string of the molecule is CCCc1ccc(CC(C)(C)S(N)(=O)=O)cc1. The first kappa shape index (κ1) is 14.2. The van der Waals surface area contributed by atoms with Crippen LogP contribution in [-0.2, 0) is 22.9 Å². The minimum Gasteiger partial charge on any atom is -0.228 e. The molecule has 0 aromatic heterocycles. The van der Waals surface area contributed by atoms with Crippen molar-refractivity contribution < 1.29 is 8.42 Å². The summed E-state index contributed by atoms with van der Waals surface area (Å²) in [6, 6.07) is 8.08. The van der Waals surface area contributed by atoms with E-state index in [0.717, 1.165) is 18.4 Å². The van der Waals surface area contributed by atoms with E-state index in [1.165, 1.54) is 5.56 Å². The Balaban J connectivity index is 2.83. The molecule has 0 heterocycles. The third-order valence-corrected chi connectivity index (χ3v) is 4.65. The smallest absolute Gasteiger partial charge is 0.214 e. The maximum absolute atomic E-state index is 11.4. The van der Waals surface area contributed by atoms with Crippen LogP contribution in [0.15, 0.2) is 24.3 Å². The lowest BCUT2D eigenvalue weighted by molar-refractivity contribution is 0.545. The van der Waals surface area contributed by atoms with Crippen molar-refractivity contribution in [3.8, 4) is 0 Å². The van der Waals surface area contributed by atoms with Crippen molar-refractivity contribution in [2.75, 3.05) is 0 Å². The van der Waals surface area contributed by atoms with E-state index in [1.807, 2.05) is 12.1 Å². The quantitative estimate of drug-likeness (QED) is 0.877. The summed E-state index contributed by atoms with van der Waals surface area (Å²) < 4.78 is 21.9. The van der Waals surface area contributed by atoms with E-state index < -0.39 is 14.8 Å². The van der Waals surface area contributed by atoms with Crippen molar-refractivity contribution in [2.45, 2.75) is 44.8 Å². The summed E-state index contributed by atoms with van der Waals surface area (Å²) in [7, 11) is -3.52. The molecule has 0 radical (unpaired) electrons. The highest BCUT2D eigenvalue weighted by Gasteiger charge is 2.30. The van der Waals surface area contributed by atoms with Gasteiger partial charge in [0.2, 0.25) is 10.0 Å². The zero-order valence-electron chi connectivity index (χ0n) is 10.7. The molecule has 1 aromatic rings. The van der Waals surface area contributed by atoms with Gasteiger partial charge < -0.3 is 0 Å². The van der Waals surface area contributed by atoms with Gasteiger partial charge in [0.25, 0.3) is 0 Å². The Labute approximate surface area is 104 Å². The molecule has 4 heteroatoms. The molecule has 17 heavy (non-hydrogen) atoms. The van der Waals surface area contributed by atoms with E-state index in [0.29, 0.717) is 6.42 Å². The molecule has 0 aliphatic heterocycles. The predicted molar refractivity (Wildman–Crippen MR) is 71.3 cm³/mol. The standard InChI is InChI=1S/C13H21NO2S/c1-4-5-11-6-8-12(9-7-11)10-13(2,3)17(14,15)16/h6-9H,4-5,10H2,1-3H3,(H2,14,15,16). The Morgan fingerprint density at radius 1 is 1.12 bits per heavy atom. The van der Waals surface area contributed by atoms with Gasteiger partial charge in [0, 0.05) is 0 Å². The van der Waals surface area contributed by atoms with E-state index >= 15 is 0 Å². The molecule has 0 atom stereocenters. The molecule has 0 spiro atoms. The Kier molecular flexibility index (Phi) is 4.33. The molecule has 0 unspecified atom stereocenters. The third kappa shape index (κ3) is 3.82. The number of primary sulfonamides is 1. The number of nitrogens with two attached hydrogens (primary N) is 1. The fourth-order valence-electron chi connectivity index (χ4n) is 1.70. The van der Waals surface area contributed by atoms with Crippen LogP contribution in [0.5, 0.6) is 0 Å². The van der Waals surface area contributed by atoms with Crippen LogP contribution in [-0.4, -0.2) is 13.2 Å². The van der Waals surface area contributed by atoms with Crippen molar-refractivity contribution in [2.24, 2.45) is 5.14 Å². The molecular weight excluding hydrogens is 234 g/mol. The van der Waals surface area contributed by atoms with Gasteiger partial charge in [-0.2, -0.15) is 0 Å². The number of hydrogen-bond acceptors (Lipinski definition) is 2. The molecule has 2 N–H and O–H groups in total. The molecule has 1 rings (SSSR count). The maximum Gasteiger partial charge on any atom is 0.214 e. The van der Waals surface area contributed by atoms with E-state index in [2.05, 4.69) is 19.1 Å². The lowest BCUT2D eigenvalue weighted by Crippen LogP contribution is -2.39. The van der Waals surface area contributed by atoms with Crippen molar-refractivity contribution in [1.82, 2.24) is 0 Å². The van der Waals surface area contributed by atoms with E-state index in [-0.39, 0.29) is 0 Å². The number of sulfonamides is 1. The molecule has 0 amide bonds. The number of aryl methyl sites for hydroxylation is 1. The molecule has 0 saturated carbocycles. The number of hydrogen-bond donors (Lipinski definition) is 1. The minimum absolute atomic E-state index is 0.443. The highest BCUT2D eigenvalue weighted by Crippen LogP contribution is 2.20. The first-order chi connectivity index (χ1) is 7.76. The maximum atomic E-state index is 11.4. The average Bonchev–Trinajstić information content (AvgIpc) is 2.19. The Morgan fingerprint density at radius 3 is 2.00 bits per heavy atom. The summed E-state index contributed by atoms with van der Waals surface area (Å²) in [5, 5.41) is 5.21. The summed E-state index contributed by atoms with van der Waals surface area (Å²) in [6.45, 7) is 5.45. The lowest BCUT2D eigenvalue weighted by atomic mass is 10.00. The zero-order chi connectivity index (χ0) is 13.1. The van der Waals surface area contributed by atoms with Crippen molar-refractivity contribution >= 4 is 10.0 Å². The topological polar surface area (TPSA) is 60.2 Å². The van der Waals surface area contributed by atoms with Gasteiger partial charge in [0.15, 0.2) is 0 Å². The van der Waals surface area contributed by atoms with Gasteiger partial charge in [-0.15, -0.1) is 0 Å². The largest absolute Gasteiger partial charge is 0.228 e. The molecule has 1 aromatic carbocycles. The number of benzene rings is 1. The summed E-state index contributed by atoms with van der Waals surface area (Å²) >= 11 is 0. The first-order valence-corrected chi connectivity index (χ1v) is 7.41. The van der Waals surface area contributed by atoms with Crippen LogP contribution < -0.4 is 5.14 Å². The van der Waals surface area contributed by atoms with E-state index in [1.54, 1.807) is 13.8 Å². The fourth-order valence-corrected chi connectivity index (χ4v) is 2.07. The molecule has 0 fully saturated rings. The third-order valence-electron chi connectivity index (χ3n) is 2.96. The fraction of sp³-hybridized carbons (Fsp3) is 0.538. The summed E-state index contributed by atoms with van der Waals surface area (Å²) in [6.07, 6.45) is 2.61. The van der Waals surface area contributed by atoms with Crippen LogP contribution >= 0.6 is 0 Å². The minimum atomic E-state index is -3.52. The molecule has 3 nitrogen and oxygen atoms in total. The lowest BCUT2D eigenvalue weighted by Gasteiger charge is -2.21. The van der Waals surface area contributed by atoms with Crippen LogP contribution in [0.4, 0.5) is 0 Å². The van der Waals surface area contributed by atoms with Gasteiger partial charge in [-0.05, 0) is 37.8 Å². The van der Waals surface area contributed by atoms with Gasteiger partial charge in [-0.1, -0.05) is 37.6 Å². The van der Waals surface area contributed by atoms with Crippen LogP contribution in [0.2, 0.25) is 0 Å². The van der Waals surface area contributed by atoms with Crippen molar-refractivity contribution in [3.05, 3.63) is 35.4 Å². The van der Waals surface area contributed by atoms with Crippen LogP contribution in [0.1, 0.15) is 38.3 Å². The van der Waals surface area contributed by atoms with Gasteiger partial charge in [0.1, 0.15) is 0 Å². The van der Waals surface area contributed by atoms with Crippen molar-refractivity contribution in [1.29, 1.82) is 0 Å². The molecular formula is C13H21NO2S. The normalized spacial score (nSPS) is 12.7. The number of rotatable bonds is 5. The molecule has 0 aliphatic carbocycles. The van der Waals surface area contributed by atoms with E-state index in [4.69, 9.17) is 5.14 Å². The summed E-state index contributed by atoms with van der Waals surface area (Å²) in [5.74, 6) is 0. The Hall–Kier alpha value is -0.870. The molecule has 0 bridgehead atoms. The van der Waals surface area contributed by atoms with E-state index in [9.17, 15) is 8.42 Å². The molecule has 96 valence electrons. The monoisotopic (exact) mass is 255 g/mol. The van der Waals surface area contributed by atoms with Crippen molar-refractivity contribution in [3.63, 3.8) is 0 Å². The second kappa shape index (κ2) is 5.19. The first-order valence-electron chi connectivity index (χ1n) is 5.86. The van der Waals surface area contributed by atoms with Gasteiger partial charge in [-0.25, -0.2) is 13.6 Å². The van der Waals surface area contributed by atoms with Crippen LogP contribution in [0.25, 0.3) is 0 Å². The second-order valence-electron chi connectivity index (χ2n) is 5.05. The van der Waals surface area contributed by atoms with Crippen LogP contribution in [0.3, 0.4) is 0 Å². The Morgan fingerprint density at radius 2 is 1.59 bits per heavy atom. The van der Waals surface area contributed by atoms with Gasteiger partial charge in [-0.3, -0.25) is 0 Å². The second-order valence-corrected chi connectivity index (χ2v) is 7.24. The Bertz CT molecular complexity index is 461. The van der Waals surface area contributed by atoms with Crippen LogP contribution in [0, 0.1) is 0 Å². The predicted octanol–water partition coefficient (Wildman–Crippen LogP) is 2.25. The molecule has 0 saturated heterocycles. The highest BCUT2D eigenvalue weighted by atomic mass is 32.2. The summed E-state index contributed by atoms with van der Waals surface area (Å²) in [5.41, 5.74) is 2.29. The zero-order valence-corrected chi connectivity index (χ0v) is 11.5. The van der Waals surface area contributed by atoms with Gasteiger partial charge >= 0.3 is 0 Å².